The summed E-state index contributed by atoms with van der Waals surface area (Å²) in [4.78, 5) is 28.6. The maximum absolute atomic E-state index is 14.6. The van der Waals surface area contributed by atoms with Gasteiger partial charge in [-0.1, -0.05) is 75.1 Å². The van der Waals surface area contributed by atoms with Gasteiger partial charge in [-0.05, 0) is 87.8 Å². The fourth-order valence-electron chi connectivity index (χ4n) is 10.6. The molecule has 1 aromatic carbocycles. The average Bonchev–Trinajstić information content (AvgIpc) is 3.43. The van der Waals surface area contributed by atoms with Crippen molar-refractivity contribution < 1.29 is 19.1 Å². The van der Waals surface area contributed by atoms with Crippen LogP contribution >= 0.6 is 0 Å². The van der Waals surface area contributed by atoms with E-state index in [1.807, 2.05) is 0 Å². The third-order valence-corrected chi connectivity index (χ3v) is 11.9. The smallest absolute Gasteiger partial charge is 0.339 e. The number of allylic oxidation sites excluding steroid dienone is 4. The third-order valence-electron chi connectivity index (χ3n) is 11.9. The van der Waals surface area contributed by atoms with Crippen molar-refractivity contribution in [1.82, 2.24) is 0 Å². The first-order chi connectivity index (χ1) is 19.9. The van der Waals surface area contributed by atoms with E-state index in [2.05, 4.69) is 57.2 Å². The van der Waals surface area contributed by atoms with Gasteiger partial charge in [-0.15, -0.1) is 0 Å². The van der Waals surface area contributed by atoms with E-state index in [1.54, 1.807) is 0 Å². The molecule has 0 bridgehead atoms. The van der Waals surface area contributed by atoms with E-state index in [0.717, 1.165) is 87.5 Å². The van der Waals surface area contributed by atoms with Gasteiger partial charge in [0.25, 0.3) is 0 Å². The van der Waals surface area contributed by atoms with Crippen LogP contribution in [0.15, 0.2) is 53.3 Å². The molecule has 1 saturated heterocycles. The summed E-state index contributed by atoms with van der Waals surface area (Å²) in [6, 6.07) is 6.24. The van der Waals surface area contributed by atoms with Gasteiger partial charge in [0.15, 0.2) is 5.60 Å². The number of nitrogens with two attached hydrogens (primary N) is 1. The number of fused-ring (bicyclic) bond motifs is 4. The highest BCUT2D eigenvalue weighted by molar-refractivity contribution is 6.00. The number of hydrogen-bond acceptors (Lipinski definition) is 5. The van der Waals surface area contributed by atoms with Crippen LogP contribution in [0.5, 0.6) is 0 Å². The Labute approximate surface area is 244 Å². The number of benzene rings is 1. The zero-order valence-corrected chi connectivity index (χ0v) is 25.0. The molecule has 5 nitrogen and oxygen atoms in total. The Bertz CT molecular complexity index is 1390. The molecule has 1 aromatic rings. The van der Waals surface area contributed by atoms with Gasteiger partial charge in [0.1, 0.15) is 11.2 Å². The quantitative estimate of drug-likeness (QED) is 0.282. The summed E-state index contributed by atoms with van der Waals surface area (Å²) in [5.74, 6) is 2.01. The molecule has 1 spiro atoms. The molecular weight excluding hydrogens is 510 g/mol. The number of unbranched alkanes of at least 4 members (excludes halogenated alkanes) is 1. The number of carbonyl (C=O) groups is 2. The summed E-state index contributed by atoms with van der Waals surface area (Å²) in [6.07, 6.45) is 17.0. The van der Waals surface area contributed by atoms with Gasteiger partial charge >= 0.3 is 11.9 Å². The second-order valence-corrected chi connectivity index (χ2v) is 13.5. The first-order valence-corrected chi connectivity index (χ1v) is 16.3. The molecule has 2 heterocycles. The number of hydrogen-bond donors (Lipinski definition) is 1. The Morgan fingerprint density at radius 1 is 1.15 bits per heavy atom. The van der Waals surface area contributed by atoms with Crippen molar-refractivity contribution in [2.24, 2.45) is 40.2 Å². The van der Waals surface area contributed by atoms with Crippen LogP contribution in [0.2, 0.25) is 0 Å². The van der Waals surface area contributed by atoms with Crippen molar-refractivity contribution in [2.45, 2.75) is 97.0 Å². The summed E-state index contributed by atoms with van der Waals surface area (Å²) in [7, 11) is 0. The summed E-state index contributed by atoms with van der Waals surface area (Å²) < 4.78 is 13.2. The number of aryl methyl sites for hydroxylation is 1. The molecular formula is C36H45NO4. The van der Waals surface area contributed by atoms with E-state index in [1.165, 1.54) is 11.1 Å². The fourth-order valence-corrected chi connectivity index (χ4v) is 10.6. The SMILES string of the molecule is CCCC=C1OC(=O)[C@@]23C4=C(CC[C@@]12[C@@]1(OC(=O)c2c(CCCN)cccc21)[C@H]3CCC)[C@@H]1C=CC[C@@H](C)[C@H]1CC4. The van der Waals surface area contributed by atoms with Gasteiger partial charge in [0, 0.05) is 17.4 Å². The minimum atomic E-state index is -0.884. The highest BCUT2D eigenvalue weighted by atomic mass is 16.6. The highest BCUT2D eigenvalue weighted by Gasteiger charge is 2.92. The molecule has 0 unspecified atom stereocenters. The average molecular weight is 556 g/mol. The maximum Gasteiger partial charge on any atom is 0.339 e. The molecule has 0 amide bonds. The topological polar surface area (TPSA) is 78.6 Å². The molecule has 2 N–H and O–H groups in total. The summed E-state index contributed by atoms with van der Waals surface area (Å²) in [6.45, 7) is 7.31. The van der Waals surface area contributed by atoms with Crippen LogP contribution in [-0.2, 0) is 26.3 Å². The highest BCUT2D eigenvalue weighted by Crippen LogP contribution is 2.86. The van der Waals surface area contributed by atoms with Crippen molar-refractivity contribution in [3.63, 3.8) is 0 Å². The first kappa shape index (κ1) is 27.2. The maximum atomic E-state index is 14.6. The number of cyclic esters (lactones) is 1. The zero-order valence-electron chi connectivity index (χ0n) is 25.0. The molecule has 1 saturated carbocycles. The van der Waals surface area contributed by atoms with E-state index in [-0.39, 0.29) is 17.9 Å². The van der Waals surface area contributed by atoms with Crippen molar-refractivity contribution in [3.05, 3.63) is 70.0 Å². The third kappa shape index (κ3) is 3.12. The lowest BCUT2D eigenvalue weighted by atomic mass is 9.28. The molecule has 7 atom stereocenters. The summed E-state index contributed by atoms with van der Waals surface area (Å²) >= 11 is 0. The molecule has 4 aliphatic carbocycles. The Morgan fingerprint density at radius 2 is 2.00 bits per heavy atom. The fraction of sp³-hybridized carbons (Fsp3) is 0.611. The summed E-state index contributed by atoms with van der Waals surface area (Å²) in [5.41, 5.74) is 9.08. The second-order valence-electron chi connectivity index (χ2n) is 13.5. The first-order valence-electron chi connectivity index (χ1n) is 16.3. The van der Waals surface area contributed by atoms with E-state index in [9.17, 15) is 9.59 Å². The van der Waals surface area contributed by atoms with Gasteiger partial charge in [0.05, 0.1) is 11.0 Å². The van der Waals surface area contributed by atoms with Crippen LogP contribution in [0, 0.1) is 34.5 Å². The van der Waals surface area contributed by atoms with Crippen LogP contribution in [0.1, 0.15) is 106 Å². The number of rotatable bonds is 7. The molecule has 41 heavy (non-hydrogen) atoms. The molecule has 218 valence electrons. The molecule has 2 aliphatic heterocycles. The van der Waals surface area contributed by atoms with E-state index < -0.39 is 16.4 Å². The van der Waals surface area contributed by atoms with Crippen LogP contribution in [-0.4, -0.2) is 18.5 Å². The minimum absolute atomic E-state index is 0.0915. The minimum Gasteiger partial charge on any atom is -0.449 e. The normalized spacial score (nSPS) is 39.1. The standard InChI is InChI=1S/C36H45NO4/c1-4-6-16-30-34-20-19-26-25-14-7-11-22(3)24(25)17-18-27(26)35(34,33(39)40-30)29(10-5-2)36(34)28-15-8-12-23(13-9-21-37)31(28)32(38)41-36/h7-8,12,14-16,22,24-25,29H,4-6,9-11,13,17-21,37H2,1-3H3/t22-,24-,25-,29+,34-,35+,36+/m1/s1. The predicted molar refractivity (Wildman–Crippen MR) is 159 cm³/mol. The van der Waals surface area contributed by atoms with Crippen LogP contribution in [0.25, 0.3) is 0 Å². The van der Waals surface area contributed by atoms with Crippen LogP contribution in [0.3, 0.4) is 0 Å². The lowest BCUT2D eigenvalue weighted by molar-refractivity contribution is -0.277. The van der Waals surface area contributed by atoms with Crippen molar-refractivity contribution in [1.29, 1.82) is 0 Å². The van der Waals surface area contributed by atoms with Crippen molar-refractivity contribution in [3.8, 4) is 0 Å². The second kappa shape index (κ2) is 9.69. The molecule has 0 aromatic heterocycles. The van der Waals surface area contributed by atoms with Crippen LogP contribution < -0.4 is 5.73 Å². The molecule has 6 aliphatic rings. The Hall–Kier alpha value is -2.66. The largest absolute Gasteiger partial charge is 0.449 e. The monoisotopic (exact) mass is 555 g/mol. The Balaban J connectivity index is 1.49. The molecule has 7 rings (SSSR count). The predicted octanol–water partition coefficient (Wildman–Crippen LogP) is 7.30. The Kier molecular flexibility index (Phi) is 6.43. The van der Waals surface area contributed by atoms with Gasteiger partial charge in [0.2, 0.25) is 0 Å². The van der Waals surface area contributed by atoms with Crippen molar-refractivity contribution >= 4 is 11.9 Å². The number of esters is 2. The van der Waals surface area contributed by atoms with E-state index in [0.29, 0.717) is 29.9 Å². The number of carbonyl (C=O) groups excluding carboxylic acids is 2. The van der Waals surface area contributed by atoms with Crippen molar-refractivity contribution in [2.75, 3.05) is 6.54 Å². The van der Waals surface area contributed by atoms with E-state index >= 15 is 0 Å². The van der Waals surface area contributed by atoms with Gasteiger partial charge < -0.3 is 15.2 Å². The van der Waals surface area contributed by atoms with Gasteiger partial charge in [-0.3, -0.25) is 4.79 Å². The van der Waals surface area contributed by atoms with Gasteiger partial charge in [-0.25, -0.2) is 4.79 Å². The van der Waals surface area contributed by atoms with Crippen LogP contribution in [0.4, 0.5) is 0 Å². The number of ether oxygens (including phenoxy) is 2. The Morgan fingerprint density at radius 3 is 2.78 bits per heavy atom. The molecule has 0 radical (unpaired) electrons. The lowest BCUT2D eigenvalue weighted by Crippen LogP contribution is -2.77. The molecule has 2 fully saturated rings. The lowest BCUT2D eigenvalue weighted by Gasteiger charge is -2.71. The van der Waals surface area contributed by atoms with Gasteiger partial charge in [-0.2, -0.15) is 0 Å². The summed E-state index contributed by atoms with van der Waals surface area (Å²) in [5, 5.41) is 0. The zero-order chi connectivity index (χ0) is 28.6. The molecule has 5 heteroatoms. The van der Waals surface area contributed by atoms with E-state index in [4.69, 9.17) is 15.2 Å².